The van der Waals surface area contributed by atoms with Gasteiger partial charge in [0.15, 0.2) is 0 Å². The third-order valence-electron chi connectivity index (χ3n) is 4.03. The summed E-state index contributed by atoms with van der Waals surface area (Å²) in [5, 5.41) is 12.8. The van der Waals surface area contributed by atoms with E-state index in [0.29, 0.717) is 6.04 Å². The number of fused-ring (bicyclic) bond motifs is 2. The summed E-state index contributed by atoms with van der Waals surface area (Å²) in [7, 11) is 0. The SMILES string of the molecule is CC(C)(C#N)C12CCCC(CC1)N2. The Balaban J connectivity index is 2.26. The monoisotopic (exact) mass is 178 g/mol. The van der Waals surface area contributed by atoms with Gasteiger partial charge in [0.25, 0.3) is 0 Å². The van der Waals surface area contributed by atoms with Gasteiger partial charge in [-0.3, -0.25) is 0 Å². The molecule has 1 N–H and O–H groups in total. The minimum Gasteiger partial charge on any atom is -0.307 e. The Kier molecular flexibility index (Phi) is 1.89. The van der Waals surface area contributed by atoms with Crippen molar-refractivity contribution in [2.75, 3.05) is 0 Å². The maximum atomic E-state index is 9.17. The number of piperidine rings is 1. The van der Waals surface area contributed by atoms with E-state index in [2.05, 4.69) is 25.2 Å². The lowest BCUT2D eigenvalue weighted by Crippen LogP contribution is -2.55. The minimum atomic E-state index is -0.206. The van der Waals surface area contributed by atoms with Crippen molar-refractivity contribution in [1.29, 1.82) is 5.26 Å². The summed E-state index contributed by atoms with van der Waals surface area (Å²) < 4.78 is 0. The topological polar surface area (TPSA) is 35.8 Å². The second-order valence-electron chi connectivity index (χ2n) is 5.09. The molecule has 2 bridgehead atoms. The van der Waals surface area contributed by atoms with E-state index in [4.69, 9.17) is 0 Å². The largest absolute Gasteiger partial charge is 0.307 e. The van der Waals surface area contributed by atoms with Gasteiger partial charge in [-0.05, 0) is 39.5 Å². The highest BCUT2D eigenvalue weighted by molar-refractivity contribution is 5.16. The normalized spacial score (nSPS) is 38.7. The van der Waals surface area contributed by atoms with Crippen molar-refractivity contribution in [1.82, 2.24) is 5.32 Å². The lowest BCUT2D eigenvalue weighted by Gasteiger charge is -2.43. The van der Waals surface area contributed by atoms with Gasteiger partial charge in [0.2, 0.25) is 0 Å². The van der Waals surface area contributed by atoms with Crippen LogP contribution in [0.3, 0.4) is 0 Å². The van der Waals surface area contributed by atoms with Crippen LogP contribution in [0.2, 0.25) is 0 Å². The highest BCUT2D eigenvalue weighted by Crippen LogP contribution is 2.46. The average Bonchev–Trinajstić information content (AvgIpc) is 2.44. The van der Waals surface area contributed by atoms with Gasteiger partial charge in [-0.15, -0.1) is 0 Å². The number of nitrogens with one attached hydrogen (secondary N) is 1. The Labute approximate surface area is 80.3 Å². The van der Waals surface area contributed by atoms with Gasteiger partial charge < -0.3 is 5.32 Å². The second kappa shape index (κ2) is 2.72. The van der Waals surface area contributed by atoms with Crippen LogP contribution in [-0.4, -0.2) is 11.6 Å². The molecule has 0 aliphatic carbocycles. The first-order valence-corrected chi connectivity index (χ1v) is 5.29. The van der Waals surface area contributed by atoms with E-state index >= 15 is 0 Å². The third kappa shape index (κ3) is 1.18. The third-order valence-corrected chi connectivity index (χ3v) is 4.03. The summed E-state index contributed by atoms with van der Waals surface area (Å²) in [6, 6.07) is 3.16. The zero-order chi connectivity index (χ0) is 9.53. The molecule has 2 unspecified atom stereocenters. The van der Waals surface area contributed by atoms with Crippen LogP contribution in [-0.2, 0) is 0 Å². The quantitative estimate of drug-likeness (QED) is 0.668. The number of nitrogens with zero attached hydrogens (tertiary/aromatic N) is 1. The van der Waals surface area contributed by atoms with Gasteiger partial charge in [-0.2, -0.15) is 5.26 Å². The van der Waals surface area contributed by atoms with Crippen LogP contribution in [0.5, 0.6) is 0 Å². The molecule has 2 rings (SSSR count). The maximum Gasteiger partial charge on any atom is 0.0703 e. The maximum absolute atomic E-state index is 9.17. The van der Waals surface area contributed by atoms with Crippen LogP contribution in [0.1, 0.15) is 46.0 Å². The highest BCUT2D eigenvalue weighted by Gasteiger charge is 2.51. The van der Waals surface area contributed by atoms with Gasteiger partial charge in [0.1, 0.15) is 0 Å². The van der Waals surface area contributed by atoms with E-state index in [0.717, 1.165) is 0 Å². The van der Waals surface area contributed by atoms with Crippen LogP contribution in [0.4, 0.5) is 0 Å². The standard InChI is InChI=1S/C11H18N2/c1-10(2,8-12)11-6-3-4-9(13-11)5-7-11/h9,13H,3-7H2,1-2H3. The van der Waals surface area contributed by atoms with E-state index < -0.39 is 0 Å². The molecular weight excluding hydrogens is 160 g/mol. The molecule has 0 aromatic carbocycles. The Morgan fingerprint density at radius 3 is 2.85 bits per heavy atom. The van der Waals surface area contributed by atoms with Gasteiger partial charge in [-0.1, -0.05) is 6.42 Å². The zero-order valence-electron chi connectivity index (χ0n) is 8.56. The van der Waals surface area contributed by atoms with Crippen LogP contribution in [0.25, 0.3) is 0 Å². The molecule has 0 aromatic rings. The average molecular weight is 178 g/mol. The van der Waals surface area contributed by atoms with Crippen molar-refractivity contribution in [2.24, 2.45) is 5.41 Å². The second-order valence-corrected chi connectivity index (χ2v) is 5.09. The van der Waals surface area contributed by atoms with Crippen LogP contribution in [0.15, 0.2) is 0 Å². The van der Waals surface area contributed by atoms with E-state index in [1.54, 1.807) is 0 Å². The molecule has 0 aromatic heterocycles. The van der Waals surface area contributed by atoms with Crippen molar-refractivity contribution in [3.63, 3.8) is 0 Å². The van der Waals surface area contributed by atoms with Gasteiger partial charge in [0, 0.05) is 11.6 Å². The predicted octanol–water partition coefficient (Wildman–Crippen LogP) is 2.21. The minimum absolute atomic E-state index is 0.130. The summed E-state index contributed by atoms with van der Waals surface area (Å²) in [6.07, 6.45) is 6.25. The van der Waals surface area contributed by atoms with E-state index in [9.17, 15) is 5.26 Å². The molecule has 2 nitrogen and oxygen atoms in total. The lowest BCUT2D eigenvalue weighted by molar-refractivity contribution is 0.152. The van der Waals surface area contributed by atoms with E-state index in [-0.39, 0.29) is 11.0 Å². The summed E-state index contributed by atoms with van der Waals surface area (Å²) in [6.45, 7) is 4.15. The van der Waals surface area contributed by atoms with Crippen LogP contribution in [0, 0.1) is 16.7 Å². The molecule has 2 aliphatic rings. The van der Waals surface area contributed by atoms with E-state index in [1.165, 1.54) is 32.1 Å². The number of hydrogen-bond donors (Lipinski definition) is 1. The molecule has 0 radical (unpaired) electrons. The molecular formula is C11H18N2. The van der Waals surface area contributed by atoms with Crippen molar-refractivity contribution in [3.05, 3.63) is 0 Å². The fraction of sp³-hybridized carbons (Fsp3) is 0.909. The fourth-order valence-corrected chi connectivity index (χ4v) is 2.93. The molecule has 2 saturated heterocycles. The van der Waals surface area contributed by atoms with Crippen molar-refractivity contribution >= 4 is 0 Å². The predicted molar refractivity (Wildman–Crippen MR) is 52.1 cm³/mol. The van der Waals surface area contributed by atoms with Gasteiger partial charge in [0.05, 0.1) is 11.5 Å². The lowest BCUT2D eigenvalue weighted by atomic mass is 9.69. The van der Waals surface area contributed by atoms with Crippen molar-refractivity contribution in [3.8, 4) is 6.07 Å². The Morgan fingerprint density at radius 2 is 2.15 bits per heavy atom. The Bertz CT molecular complexity index is 247. The molecule has 2 heterocycles. The molecule has 2 heteroatoms. The smallest absolute Gasteiger partial charge is 0.0703 e. The Hall–Kier alpha value is -0.550. The molecule has 0 saturated carbocycles. The van der Waals surface area contributed by atoms with Crippen LogP contribution < -0.4 is 5.32 Å². The molecule has 13 heavy (non-hydrogen) atoms. The summed E-state index contributed by atoms with van der Waals surface area (Å²) in [4.78, 5) is 0. The Morgan fingerprint density at radius 1 is 1.38 bits per heavy atom. The molecule has 2 aliphatic heterocycles. The summed E-state index contributed by atoms with van der Waals surface area (Å²) >= 11 is 0. The van der Waals surface area contributed by atoms with Crippen molar-refractivity contribution < 1.29 is 0 Å². The first-order chi connectivity index (χ1) is 6.10. The molecule has 2 atom stereocenters. The van der Waals surface area contributed by atoms with Gasteiger partial charge in [-0.25, -0.2) is 0 Å². The first kappa shape index (κ1) is 9.02. The highest BCUT2D eigenvalue weighted by atomic mass is 15.1. The van der Waals surface area contributed by atoms with Crippen molar-refractivity contribution in [2.45, 2.75) is 57.5 Å². The van der Waals surface area contributed by atoms with E-state index in [1.807, 2.05) is 0 Å². The van der Waals surface area contributed by atoms with Crippen LogP contribution >= 0.6 is 0 Å². The van der Waals surface area contributed by atoms with Gasteiger partial charge >= 0.3 is 0 Å². The number of hydrogen-bond acceptors (Lipinski definition) is 2. The number of rotatable bonds is 1. The fourth-order valence-electron chi connectivity index (χ4n) is 2.93. The molecule has 2 fully saturated rings. The number of nitriles is 1. The zero-order valence-corrected chi connectivity index (χ0v) is 8.56. The summed E-state index contributed by atoms with van der Waals surface area (Å²) in [5.41, 5.74) is -0.0766. The summed E-state index contributed by atoms with van der Waals surface area (Å²) in [5.74, 6) is 0. The molecule has 0 spiro atoms. The molecule has 72 valence electrons. The first-order valence-electron chi connectivity index (χ1n) is 5.29. The molecule has 0 amide bonds.